The van der Waals surface area contributed by atoms with Crippen LogP contribution in [0.3, 0.4) is 0 Å². The van der Waals surface area contributed by atoms with Gasteiger partial charge in [-0.3, -0.25) is 4.79 Å². The van der Waals surface area contributed by atoms with E-state index < -0.39 is 0 Å². The van der Waals surface area contributed by atoms with Crippen molar-refractivity contribution in [3.63, 3.8) is 0 Å². The molecule has 0 aliphatic carbocycles. The molecule has 6 heteroatoms. The number of piperidine rings is 2. The van der Waals surface area contributed by atoms with E-state index in [2.05, 4.69) is 33.0 Å². The highest BCUT2D eigenvalue weighted by molar-refractivity contribution is 9.09. The number of rotatable bonds is 6. The van der Waals surface area contributed by atoms with Crippen molar-refractivity contribution < 1.29 is 9.53 Å². The average Bonchev–Trinajstić information content (AvgIpc) is 2.77. The number of benzene rings is 2. The van der Waals surface area contributed by atoms with Gasteiger partial charge in [0.25, 0.3) is 5.91 Å². The van der Waals surface area contributed by atoms with Gasteiger partial charge in [-0.05, 0) is 80.2 Å². The number of nitrogens with zero attached hydrogens (tertiary/aromatic N) is 2. The summed E-state index contributed by atoms with van der Waals surface area (Å²) in [4.78, 5) is 17.9. The van der Waals surface area contributed by atoms with Crippen molar-refractivity contribution in [2.24, 2.45) is 0 Å². The molecule has 1 amide bonds. The molecule has 4 rings (SSSR count). The van der Waals surface area contributed by atoms with Crippen LogP contribution in [0, 0.1) is 0 Å². The van der Waals surface area contributed by atoms with Crippen LogP contribution >= 0.6 is 28.3 Å². The van der Waals surface area contributed by atoms with E-state index in [1.807, 2.05) is 29.2 Å². The number of carbonyl (C=O) groups excluding carboxylic acids is 1. The fourth-order valence-corrected chi connectivity index (χ4v) is 4.75. The summed E-state index contributed by atoms with van der Waals surface area (Å²) >= 11 is 3.65. The molecule has 2 aliphatic heterocycles. The van der Waals surface area contributed by atoms with Crippen LogP contribution in [0.4, 0.5) is 0 Å². The number of amides is 1. The maximum atomic E-state index is 12.8. The number of likely N-dealkylation sites (tertiary alicyclic amines) is 2. The smallest absolute Gasteiger partial charge is 0.253 e. The van der Waals surface area contributed by atoms with Gasteiger partial charge in [-0.25, -0.2) is 0 Å². The van der Waals surface area contributed by atoms with Crippen LogP contribution in [0.1, 0.15) is 48.9 Å². The SMILES string of the molecule is Cl.O=C(c1ccc2cc(OCCCN3CCCCC3)ccc2c1)N1CCC(Br)CC1. The van der Waals surface area contributed by atoms with Gasteiger partial charge >= 0.3 is 0 Å². The Morgan fingerprint density at radius 1 is 0.967 bits per heavy atom. The normalized spacial score (nSPS) is 18.2. The molecule has 0 atom stereocenters. The lowest BCUT2D eigenvalue weighted by molar-refractivity contribution is 0.0728. The topological polar surface area (TPSA) is 32.8 Å². The van der Waals surface area contributed by atoms with Gasteiger partial charge in [-0.1, -0.05) is 34.5 Å². The summed E-state index contributed by atoms with van der Waals surface area (Å²) in [5, 5.41) is 2.21. The van der Waals surface area contributed by atoms with Crippen LogP contribution < -0.4 is 4.74 Å². The Labute approximate surface area is 194 Å². The number of carbonyl (C=O) groups is 1. The highest BCUT2D eigenvalue weighted by Crippen LogP contribution is 2.24. The number of halogens is 2. The molecule has 0 radical (unpaired) electrons. The van der Waals surface area contributed by atoms with Gasteiger partial charge in [0.1, 0.15) is 5.75 Å². The van der Waals surface area contributed by atoms with Gasteiger partial charge in [0.15, 0.2) is 0 Å². The predicted octanol–water partition coefficient (Wildman–Crippen LogP) is 5.52. The van der Waals surface area contributed by atoms with E-state index in [0.717, 1.165) is 67.6 Å². The van der Waals surface area contributed by atoms with E-state index in [9.17, 15) is 4.79 Å². The number of fused-ring (bicyclic) bond motifs is 1. The lowest BCUT2D eigenvalue weighted by Gasteiger charge is -2.29. The minimum atomic E-state index is 0. The zero-order valence-electron chi connectivity index (χ0n) is 17.5. The van der Waals surface area contributed by atoms with Crippen LogP contribution in [-0.2, 0) is 0 Å². The summed E-state index contributed by atoms with van der Waals surface area (Å²) in [6.45, 7) is 6.03. The van der Waals surface area contributed by atoms with Crippen molar-refractivity contribution in [1.82, 2.24) is 9.80 Å². The summed E-state index contributed by atoms with van der Waals surface area (Å²) in [6.07, 6.45) is 7.18. The minimum Gasteiger partial charge on any atom is -0.494 e. The Hall–Kier alpha value is -1.30. The van der Waals surface area contributed by atoms with Crippen molar-refractivity contribution in [2.75, 3.05) is 39.3 Å². The zero-order chi connectivity index (χ0) is 20.1. The van der Waals surface area contributed by atoms with Crippen LogP contribution in [0.15, 0.2) is 36.4 Å². The molecule has 2 aromatic carbocycles. The second-order valence-corrected chi connectivity index (χ2v) is 9.59. The van der Waals surface area contributed by atoms with Crippen molar-refractivity contribution in [3.05, 3.63) is 42.0 Å². The van der Waals surface area contributed by atoms with E-state index in [1.54, 1.807) is 0 Å². The first-order valence-electron chi connectivity index (χ1n) is 11.0. The summed E-state index contributed by atoms with van der Waals surface area (Å²) in [7, 11) is 0. The van der Waals surface area contributed by atoms with Crippen LogP contribution in [-0.4, -0.2) is 59.9 Å². The van der Waals surface area contributed by atoms with Crippen molar-refractivity contribution in [3.8, 4) is 5.75 Å². The fraction of sp³-hybridized carbons (Fsp3) is 0.542. The molecule has 2 heterocycles. The van der Waals surface area contributed by atoms with E-state index in [0.29, 0.717) is 4.83 Å². The number of hydrogen-bond acceptors (Lipinski definition) is 3. The Morgan fingerprint density at radius 3 is 2.43 bits per heavy atom. The monoisotopic (exact) mass is 494 g/mol. The number of hydrogen-bond donors (Lipinski definition) is 0. The molecule has 2 saturated heterocycles. The summed E-state index contributed by atoms with van der Waals surface area (Å²) < 4.78 is 5.98. The van der Waals surface area contributed by atoms with E-state index in [1.165, 1.54) is 32.4 Å². The van der Waals surface area contributed by atoms with E-state index >= 15 is 0 Å². The third-order valence-electron chi connectivity index (χ3n) is 6.11. The maximum Gasteiger partial charge on any atom is 0.253 e. The lowest BCUT2D eigenvalue weighted by Crippen LogP contribution is -2.38. The Morgan fingerprint density at radius 2 is 1.67 bits per heavy atom. The second kappa shape index (κ2) is 11.4. The molecule has 0 spiro atoms. The summed E-state index contributed by atoms with van der Waals surface area (Å²) in [5.41, 5.74) is 0.778. The molecule has 0 saturated carbocycles. The van der Waals surface area contributed by atoms with Crippen LogP contribution in [0.25, 0.3) is 10.8 Å². The van der Waals surface area contributed by atoms with Gasteiger partial charge in [0.2, 0.25) is 0 Å². The standard InChI is InChI=1S/C24H31BrN2O2.ClH/c25-22-9-14-27(15-10-22)24(28)21-6-5-20-18-23(8-7-19(20)17-21)29-16-4-13-26-11-2-1-3-12-26;/h5-8,17-18,22H,1-4,9-16H2;1H. The number of ether oxygens (including phenoxy) is 1. The molecule has 2 fully saturated rings. The average molecular weight is 496 g/mol. The lowest BCUT2D eigenvalue weighted by atomic mass is 10.0. The van der Waals surface area contributed by atoms with Crippen molar-refractivity contribution in [2.45, 2.75) is 43.4 Å². The molecule has 30 heavy (non-hydrogen) atoms. The molecule has 0 aromatic heterocycles. The molecule has 0 N–H and O–H groups in total. The zero-order valence-corrected chi connectivity index (χ0v) is 19.9. The fourth-order valence-electron chi connectivity index (χ4n) is 4.34. The van der Waals surface area contributed by atoms with Gasteiger partial charge in [-0.2, -0.15) is 0 Å². The Bertz CT molecular complexity index is 833. The molecule has 0 unspecified atom stereocenters. The molecular weight excluding hydrogens is 464 g/mol. The molecule has 2 aromatic rings. The first kappa shape index (κ1) is 23.4. The molecule has 2 aliphatic rings. The van der Waals surface area contributed by atoms with Gasteiger partial charge in [0, 0.05) is 30.0 Å². The molecular formula is C24H32BrClN2O2. The first-order valence-corrected chi connectivity index (χ1v) is 11.9. The third kappa shape index (κ3) is 6.12. The second-order valence-electron chi connectivity index (χ2n) is 8.29. The summed E-state index contributed by atoms with van der Waals surface area (Å²) in [5.74, 6) is 1.05. The van der Waals surface area contributed by atoms with Gasteiger partial charge < -0.3 is 14.5 Å². The minimum absolute atomic E-state index is 0. The highest BCUT2D eigenvalue weighted by atomic mass is 79.9. The van der Waals surface area contributed by atoms with Crippen molar-refractivity contribution in [1.29, 1.82) is 0 Å². The van der Waals surface area contributed by atoms with Gasteiger partial charge in [0.05, 0.1) is 6.61 Å². The van der Waals surface area contributed by atoms with Crippen LogP contribution in [0.5, 0.6) is 5.75 Å². The van der Waals surface area contributed by atoms with Crippen LogP contribution in [0.2, 0.25) is 0 Å². The molecule has 4 nitrogen and oxygen atoms in total. The largest absolute Gasteiger partial charge is 0.494 e. The maximum absolute atomic E-state index is 12.8. The molecule has 164 valence electrons. The molecule has 0 bridgehead atoms. The Balaban J connectivity index is 0.00000256. The van der Waals surface area contributed by atoms with Crippen molar-refractivity contribution >= 4 is 45.0 Å². The van der Waals surface area contributed by atoms with E-state index in [-0.39, 0.29) is 18.3 Å². The summed E-state index contributed by atoms with van der Waals surface area (Å²) in [6, 6.07) is 12.2. The Kier molecular flexibility index (Phi) is 8.84. The van der Waals surface area contributed by atoms with E-state index in [4.69, 9.17) is 4.74 Å². The number of alkyl halides is 1. The third-order valence-corrected chi connectivity index (χ3v) is 7.02. The highest BCUT2D eigenvalue weighted by Gasteiger charge is 2.22. The predicted molar refractivity (Wildman–Crippen MR) is 129 cm³/mol. The first-order chi connectivity index (χ1) is 14.2. The van der Waals surface area contributed by atoms with Gasteiger partial charge in [-0.15, -0.1) is 12.4 Å². The quantitative estimate of drug-likeness (QED) is 0.391.